The Bertz CT molecular complexity index is 504. The lowest BCUT2D eigenvalue weighted by molar-refractivity contribution is 0.195. The molecule has 1 atom stereocenters. The highest BCUT2D eigenvalue weighted by atomic mass is 16.5. The Morgan fingerprint density at radius 3 is 2.44 bits per heavy atom. The molecule has 0 aliphatic heterocycles. The van der Waals surface area contributed by atoms with Crippen molar-refractivity contribution in [1.29, 1.82) is 0 Å². The van der Waals surface area contributed by atoms with Gasteiger partial charge in [0.2, 0.25) is 0 Å². The second-order valence-corrected chi connectivity index (χ2v) is 4.45. The van der Waals surface area contributed by atoms with Gasteiger partial charge in [0.05, 0.1) is 13.2 Å². The second-order valence-electron chi connectivity index (χ2n) is 4.45. The largest absolute Gasteiger partial charge is 0.496 e. The maximum atomic E-state index is 9.46. The van der Waals surface area contributed by atoms with Gasteiger partial charge in [-0.25, -0.2) is 0 Å². The van der Waals surface area contributed by atoms with Gasteiger partial charge in [0.25, 0.3) is 0 Å². The molecule has 0 aliphatic rings. The zero-order valence-electron chi connectivity index (χ0n) is 10.8. The summed E-state index contributed by atoms with van der Waals surface area (Å²) in [5.74, 6) is 0.857. The van der Waals surface area contributed by atoms with Crippen LogP contribution in [0.4, 0.5) is 0 Å². The predicted octanol–water partition coefficient (Wildman–Crippen LogP) is 3.29. The van der Waals surface area contributed by atoms with E-state index < -0.39 is 0 Å². The van der Waals surface area contributed by atoms with Crippen molar-refractivity contribution in [1.82, 2.24) is 0 Å². The Labute approximate surface area is 108 Å². The third kappa shape index (κ3) is 2.90. The molecule has 2 aromatic carbocycles. The highest BCUT2D eigenvalue weighted by Gasteiger charge is 2.08. The summed E-state index contributed by atoms with van der Waals surface area (Å²) in [7, 11) is 1.68. The van der Waals surface area contributed by atoms with Crippen molar-refractivity contribution < 1.29 is 9.84 Å². The number of hydrogen-bond acceptors (Lipinski definition) is 2. The summed E-state index contributed by atoms with van der Waals surface area (Å²) < 4.78 is 5.40. The third-order valence-corrected chi connectivity index (χ3v) is 2.88. The molecule has 0 amide bonds. The van der Waals surface area contributed by atoms with Crippen molar-refractivity contribution in [3.63, 3.8) is 0 Å². The number of benzene rings is 2. The van der Waals surface area contributed by atoms with E-state index in [1.165, 1.54) is 0 Å². The van der Waals surface area contributed by atoms with Crippen LogP contribution in [-0.2, 0) is 6.42 Å². The fourth-order valence-corrected chi connectivity index (χ4v) is 2.07. The molecule has 1 N–H and O–H groups in total. The molecular weight excluding hydrogens is 224 g/mol. The summed E-state index contributed by atoms with van der Waals surface area (Å²) >= 11 is 0. The third-order valence-electron chi connectivity index (χ3n) is 2.88. The summed E-state index contributed by atoms with van der Waals surface area (Å²) in [6, 6.07) is 16.2. The fraction of sp³-hybridized carbons (Fsp3) is 0.250. The molecule has 0 fully saturated rings. The molecule has 0 aliphatic carbocycles. The first kappa shape index (κ1) is 12.7. The minimum Gasteiger partial charge on any atom is -0.496 e. The van der Waals surface area contributed by atoms with E-state index >= 15 is 0 Å². The highest BCUT2D eigenvalue weighted by Crippen LogP contribution is 2.31. The first-order valence-electron chi connectivity index (χ1n) is 6.11. The SMILES string of the molecule is COc1ccc(CC(C)O)cc1-c1ccccc1. The zero-order valence-corrected chi connectivity index (χ0v) is 10.8. The number of methoxy groups -OCH3 is 1. The summed E-state index contributed by atoms with van der Waals surface area (Å²) in [5, 5.41) is 9.46. The summed E-state index contributed by atoms with van der Waals surface area (Å²) in [6.45, 7) is 1.80. The van der Waals surface area contributed by atoms with Crippen LogP contribution >= 0.6 is 0 Å². The van der Waals surface area contributed by atoms with Crippen molar-refractivity contribution in [2.45, 2.75) is 19.4 Å². The number of aliphatic hydroxyl groups excluding tert-OH is 1. The van der Waals surface area contributed by atoms with E-state index in [4.69, 9.17) is 4.74 Å². The Balaban J connectivity index is 2.43. The Morgan fingerprint density at radius 2 is 1.83 bits per heavy atom. The quantitative estimate of drug-likeness (QED) is 0.891. The van der Waals surface area contributed by atoms with Crippen LogP contribution in [0.2, 0.25) is 0 Å². The van der Waals surface area contributed by atoms with E-state index in [9.17, 15) is 5.11 Å². The van der Waals surface area contributed by atoms with Crippen molar-refractivity contribution in [3.05, 3.63) is 54.1 Å². The zero-order chi connectivity index (χ0) is 13.0. The maximum absolute atomic E-state index is 9.46. The van der Waals surface area contributed by atoms with Crippen molar-refractivity contribution in [2.24, 2.45) is 0 Å². The van der Waals surface area contributed by atoms with Crippen LogP contribution < -0.4 is 4.74 Å². The summed E-state index contributed by atoms with van der Waals surface area (Å²) in [6.07, 6.45) is 0.325. The molecule has 94 valence electrons. The van der Waals surface area contributed by atoms with Gasteiger partial charge in [-0.3, -0.25) is 0 Å². The molecule has 2 heteroatoms. The molecule has 0 saturated carbocycles. The Kier molecular flexibility index (Phi) is 4.00. The summed E-state index contributed by atoms with van der Waals surface area (Å²) in [5.41, 5.74) is 3.31. The molecule has 18 heavy (non-hydrogen) atoms. The molecule has 0 saturated heterocycles. The number of hydrogen-bond donors (Lipinski definition) is 1. The minimum atomic E-state index is -0.331. The monoisotopic (exact) mass is 242 g/mol. The van der Waals surface area contributed by atoms with Gasteiger partial charge in [0, 0.05) is 5.56 Å². The average Bonchev–Trinajstić information content (AvgIpc) is 2.39. The highest BCUT2D eigenvalue weighted by molar-refractivity contribution is 5.71. The van der Waals surface area contributed by atoms with Gasteiger partial charge in [-0.1, -0.05) is 36.4 Å². The molecular formula is C16H18O2. The second kappa shape index (κ2) is 5.69. The van der Waals surface area contributed by atoms with E-state index in [0.717, 1.165) is 22.4 Å². The van der Waals surface area contributed by atoms with Crippen molar-refractivity contribution in [3.8, 4) is 16.9 Å². The molecule has 0 spiro atoms. The van der Waals surface area contributed by atoms with Crippen molar-refractivity contribution >= 4 is 0 Å². The first-order chi connectivity index (χ1) is 8.70. The van der Waals surface area contributed by atoms with Gasteiger partial charge >= 0.3 is 0 Å². The predicted molar refractivity (Wildman–Crippen MR) is 73.8 cm³/mol. The lowest BCUT2D eigenvalue weighted by atomic mass is 9.99. The van der Waals surface area contributed by atoms with E-state index in [-0.39, 0.29) is 6.10 Å². The van der Waals surface area contributed by atoms with Crippen LogP contribution in [0.5, 0.6) is 5.75 Å². The first-order valence-corrected chi connectivity index (χ1v) is 6.11. The molecule has 0 radical (unpaired) electrons. The molecule has 2 aromatic rings. The van der Waals surface area contributed by atoms with Crippen LogP contribution in [0, 0.1) is 0 Å². The molecule has 2 nitrogen and oxygen atoms in total. The lowest BCUT2D eigenvalue weighted by Gasteiger charge is -2.12. The van der Waals surface area contributed by atoms with Crippen molar-refractivity contribution in [2.75, 3.05) is 7.11 Å². The number of rotatable bonds is 4. The van der Waals surface area contributed by atoms with Crippen LogP contribution in [0.15, 0.2) is 48.5 Å². The lowest BCUT2D eigenvalue weighted by Crippen LogP contribution is -2.04. The molecule has 2 rings (SSSR count). The normalized spacial score (nSPS) is 12.2. The fourth-order valence-electron chi connectivity index (χ4n) is 2.07. The maximum Gasteiger partial charge on any atom is 0.126 e. The van der Waals surface area contributed by atoms with E-state index in [0.29, 0.717) is 6.42 Å². The number of ether oxygens (including phenoxy) is 1. The molecule has 0 bridgehead atoms. The van der Waals surface area contributed by atoms with Gasteiger partial charge in [-0.05, 0) is 36.6 Å². The summed E-state index contributed by atoms with van der Waals surface area (Å²) in [4.78, 5) is 0. The van der Waals surface area contributed by atoms with Crippen LogP contribution in [0.1, 0.15) is 12.5 Å². The molecule has 0 heterocycles. The standard InChI is InChI=1S/C16H18O2/c1-12(17)10-13-8-9-16(18-2)15(11-13)14-6-4-3-5-7-14/h3-9,11-12,17H,10H2,1-2H3. The van der Waals surface area contributed by atoms with E-state index in [1.54, 1.807) is 14.0 Å². The van der Waals surface area contributed by atoms with Gasteiger partial charge in [0.1, 0.15) is 5.75 Å². The smallest absolute Gasteiger partial charge is 0.126 e. The molecule has 0 aromatic heterocycles. The van der Waals surface area contributed by atoms with Gasteiger partial charge in [-0.15, -0.1) is 0 Å². The Hall–Kier alpha value is -1.80. The van der Waals surface area contributed by atoms with Gasteiger partial charge in [-0.2, -0.15) is 0 Å². The van der Waals surface area contributed by atoms with Crippen LogP contribution in [-0.4, -0.2) is 18.3 Å². The average molecular weight is 242 g/mol. The van der Waals surface area contributed by atoms with Crippen LogP contribution in [0.25, 0.3) is 11.1 Å². The molecule has 1 unspecified atom stereocenters. The topological polar surface area (TPSA) is 29.5 Å². The van der Waals surface area contributed by atoms with Gasteiger partial charge in [0.15, 0.2) is 0 Å². The minimum absolute atomic E-state index is 0.331. The number of aliphatic hydroxyl groups is 1. The Morgan fingerprint density at radius 1 is 1.11 bits per heavy atom. The van der Waals surface area contributed by atoms with Crippen LogP contribution in [0.3, 0.4) is 0 Å². The van der Waals surface area contributed by atoms with Gasteiger partial charge < -0.3 is 9.84 Å². The van der Waals surface area contributed by atoms with E-state index in [1.807, 2.05) is 30.3 Å². The van der Waals surface area contributed by atoms with E-state index in [2.05, 4.69) is 18.2 Å².